The van der Waals surface area contributed by atoms with Gasteiger partial charge < -0.3 is 10.8 Å². The number of hydrogen-bond donors (Lipinski definition) is 2. The second-order valence-corrected chi connectivity index (χ2v) is 4.95. The Bertz CT molecular complexity index is 550. The molecule has 0 aliphatic rings. The van der Waals surface area contributed by atoms with Crippen molar-refractivity contribution in [3.63, 3.8) is 0 Å². The van der Waals surface area contributed by atoms with E-state index in [1.54, 1.807) is 17.8 Å². The first-order valence-corrected chi connectivity index (χ1v) is 6.84. The molecule has 0 fully saturated rings. The number of thioether (sulfide) groups is 1. The van der Waals surface area contributed by atoms with Crippen LogP contribution in [0.15, 0.2) is 42.1 Å². The van der Waals surface area contributed by atoms with Crippen LogP contribution in [0.5, 0.6) is 0 Å². The molecular weight excluding hydrogens is 260 g/mol. The van der Waals surface area contributed by atoms with Crippen molar-refractivity contribution in [1.82, 2.24) is 14.8 Å². The molecule has 1 heterocycles. The first kappa shape index (κ1) is 13.6. The van der Waals surface area contributed by atoms with Gasteiger partial charge in [0.15, 0.2) is 5.16 Å². The maximum absolute atomic E-state index is 8.98. The molecule has 0 radical (unpaired) electrons. The normalized spacial score (nSPS) is 10.6. The molecule has 0 unspecified atom stereocenters. The molecule has 100 valence electrons. The van der Waals surface area contributed by atoms with E-state index in [0.717, 1.165) is 22.0 Å². The average molecular weight is 276 g/mol. The van der Waals surface area contributed by atoms with Gasteiger partial charge in [0.2, 0.25) is 5.95 Å². The van der Waals surface area contributed by atoms with Crippen LogP contribution in [-0.2, 0) is 18.9 Å². The van der Waals surface area contributed by atoms with Gasteiger partial charge in [-0.25, -0.2) is 0 Å². The summed E-state index contributed by atoms with van der Waals surface area (Å²) in [5, 5.41) is 17.7. The van der Waals surface area contributed by atoms with Gasteiger partial charge in [0, 0.05) is 12.3 Å². The molecular formula is C13H16N4OS. The Balaban J connectivity index is 2.03. The smallest absolute Gasteiger partial charge is 0.222 e. The Labute approximate surface area is 116 Å². The highest BCUT2D eigenvalue weighted by molar-refractivity contribution is 7.98. The quantitative estimate of drug-likeness (QED) is 0.622. The highest BCUT2D eigenvalue weighted by Gasteiger charge is 2.08. The molecule has 0 saturated heterocycles. The molecule has 0 amide bonds. The molecule has 1 aromatic heterocycles. The van der Waals surface area contributed by atoms with Crippen LogP contribution in [0.1, 0.15) is 11.1 Å². The van der Waals surface area contributed by atoms with Crippen molar-refractivity contribution in [2.75, 3.05) is 5.73 Å². The van der Waals surface area contributed by atoms with Gasteiger partial charge in [0.05, 0.1) is 6.61 Å². The van der Waals surface area contributed by atoms with Crippen LogP contribution < -0.4 is 5.73 Å². The van der Waals surface area contributed by atoms with Crippen molar-refractivity contribution in [2.45, 2.75) is 24.1 Å². The number of aliphatic hydroxyl groups excluding tert-OH is 1. The zero-order chi connectivity index (χ0) is 13.7. The van der Waals surface area contributed by atoms with E-state index in [0.29, 0.717) is 12.5 Å². The summed E-state index contributed by atoms with van der Waals surface area (Å²) in [6.45, 7) is 4.36. The summed E-state index contributed by atoms with van der Waals surface area (Å²) in [4.78, 5) is 0. The Morgan fingerprint density at radius 1 is 1.26 bits per heavy atom. The molecule has 0 atom stereocenters. The molecule has 6 heteroatoms. The second-order valence-electron chi connectivity index (χ2n) is 4.00. The number of nitrogens with two attached hydrogens (primary N) is 1. The highest BCUT2D eigenvalue weighted by atomic mass is 32.2. The van der Waals surface area contributed by atoms with Crippen LogP contribution in [0.4, 0.5) is 5.95 Å². The van der Waals surface area contributed by atoms with Crippen LogP contribution in [0, 0.1) is 0 Å². The number of nitrogens with zero attached hydrogens (tertiary/aromatic N) is 3. The second kappa shape index (κ2) is 6.40. The molecule has 1 aromatic carbocycles. The topological polar surface area (TPSA) is 77.0 Å². The summed E-state index contributed by atoms with van der Waals surface area (Å²) < 4.78 is 1.82. The molecule has 0 aliphatic carbocycles. The van der Waals surface area contributed by atoms with Crippen LogP contribution in [0.2, 0.25) is 0 Å². The minimum absolute atomic E-state index is 0.0671. The number of aliphatic hydroxyl groups is 1. The monoisotopic (exact) mass is 276 g/mol. The van der Waals surface area contributed by atoms with Crippen LogP contribution in [0.25, 0.3) is 0 Å². The third-order valence-electron chi connectivity index (χ3n) is 2.63. The van der Waals surface area contributed by atoms with E-state index < -0.39 is 0 Å². The summed E-state index contributed by atoms with van der Waals surface area (Å²) in [7, 11) is 0. The van der Waals surface area contributed by atoms with Gasteiger partial charge in [-0.1, -0.05) is 42.1 Å². The van der Waals surface area contributed by atoms with Crippen molar-refractivity contribution >= 4 is 17.7 Å². The first-order valence-electron chi connectivity index (χ1n) is 5.85. The summed E-state index contributed by atoms with van der Waals surface area (Å²) in [6, 6.07) is 7.82. The molecule has 0 aliphatic heterocycles. The summed E-state index contributed by atoms with van der Waals surface area (Å²) in [5.74, 6) is 1.18. The zero-order valence-electron chi connectivity index (χ0n) is 10.5. The van der Waals surface area contributed by atoms with Gasteiger partial charge in [-0.15, -0.1) is 16.8 Å². The fraction of sp³-hybridized carbons (Fsp3) is 0.231. The van der Waals surface area contributed by atoms with Crippen LogP contribution in [-0.4, -0.2) is 19.9 Å². The Kier molecular flexibility index (Phi) is 4.59. The SMILES string of the molecule is C=CCn1c(N)nnc1SCc1ccc(CO)cc1. The van der Waals surface area contributed by atoms with E-state index in [9.17, 15) is 0 Å². The lowest BCUT2D eigenvalue weighted by Gasteiger charge is -2.05. The number of aromatic nitrogens is 3. The van der Waals surface area contributed by atoms with E-state index in [-0.39, 0.29) is 6.61 Å². The minimum atomic E-state index is 0.0671. The van der Waals surface area contributed by atoms with E-state index in [4.69, 9.17) is 10.8 Å². The highest BCUT2D eigenvalue weighted by Crippen LogP contribution is 2.22. The number of anilines is 1. The third-order valence-corrected chi connectivity index (χ3v) is 3.67. The maximum atomic E-state index is 8.98. The van der Waals surface area contributed by atoms with Gasteiger partial charge in [-0.05, 0) is 11.1 Å². The Morgan fingerprint density at radius 2 is 1.95 bits per heavy atom. The first-order chi connectivity index (χ1) is 9.24. The minimum Gasteiger partial charge on any atom is -0.392 e. The lowest BCUT2D eigenvalue weighted by molar-refractivity contribution is 0.282. The van der Waals surface area contributed by atoms with Gasteiger partial charge in [-0.3, -0.25) is 4.57 Å². The molecule has 19 heavy (non-hydrogen) atoms. The van der Waals surface area contributed by atoms with Crippen molar-refractivity contribution in [1.29, 1.82) is 0 Å². The summed E-state index contributed by atoms with van der Waals surface area (Å²) in [6.07, 6.45) is 1.76. The van der Waals surface area contributed by atoms with E-state index in [1.807, 2.05) is 28.8 Å². The number of benzene rings is 1. The average Bonchev–Trinajstić information content (AvgIpc) is 2.79. The predicted octanol–water partition coefficient (Wildman–Crippen LogP) is 1.83. The van der Waals surface area contributed by atoms with Crippen LogP contribution in [0.3, 0.4) is 0 Å². The summed E-state index contributed by atoms with van der Waals surface area (Å²) in [5.41, 5.74) is 7.81. The fourth-order valence-electron chi connectivity index (χ4n) is 1.60. The van der Waals surface area contributed by atoms with Gasteiger partial charge in [0.25, 0.3) is 0 Å². The molecule has 0 bridgehead atoms. The van der Waals surface area contributed by atoms with Gasteiger partial charge >= 0.3 is 0 Å². The lowest BCUT2D eigenvalue weighted by Crippen LogP contribution is -2.03. The molecule has 2 rings (SSSR count). The Hall–Kier alpha value is -1.79. The van der Waals surface area contributed by atoms with Crippen molar-refractivity contribution in [3.8, 4) is 0 Å². The molecule has 0 saturated carbocycles. The largest absolute Gasteiger partial charge is 0.392 e. The Morgan fingerprint density at radius 3 is 2.58 bits per heavy atom. The zero-order valence-corrected chi connectivity index (χ0v) is 11.3. The number of hydrogen-bond acceptors (Lipinski definition) is 5. The van der Waals surface area contributed by atoms with Gasteiger partial charge in [-0.2, -0.15) is 0 Å². The molecule has 3 N–H and O–H groups in total. The lowest BCUT2D eigenvalue weighted by atomic mass is 10.2. The summed E-state index contributed by atoms with van der Waals surface area (Å²) >= 11 is 1.57. The van der Waals surface area contributed by atoms with Crippen molar-refractivity contribution in [2.24, 2.45) is 0 Å². The van der Waals surface area contributed by atoms with Gasteiger partial charge in [0.1, 0.15) is 0 Å². The van der Waals surface area contributed by atoms with E-state index >= 15 is 0 Å². The number of allylic oxidation sites excluding steroid dienone is 1. The van der Waals surface area contributed by atoms with E-state index in [1.165, 1.54) is 0 Å². The third kappa shape index (κ3) is 3.36. The fourth-order valence-corrected chi connectivity index (χ4v) is 2.51. The van der Waals surface area contributed by atoms with E-state index in [2.05, 4.69) is 16.8 Å². The number of rotatable bonds is 6. The predicted molar refractivity (Wildman–Crippen MR) is 76.6 cm³/mol. The van der Waals surface area contributed by atoms with Crippen molar-refractivity contribution < 1.29 is 5.11 Å². The molecule has 5 nitrogen and oxygen atoms in total. The number of nitrogen functional groups attached to an aromatic ring is 1. The standard InChI is InChI=1S/C13H16N4OS/c1-2-7-17-12(14)15-16-13(17)19-9-11-5-3-10(8-18)4-6-11/h2-6,18H,1,7-9H2,(H2,14,15). The molecule has 0 spiro atoms. The molecule has 2 aromatic rings. The maximum Gasteiger partial charge on any atom is 0.222 e. The van der Waals surface area contributed by atoms with Crippen molar-refractivity contribution in [3.05, 3.63) is 48.0 Å². The van der Waals surface area contributed by atoms with Crippen LogP contribution >= 0.6 is 11.8 Å².